The predicted molar refractivity (Wildman–Crippen MR) is 77.9 cm³/mol. The Morgan fingerprint density at radius 3 is 2.55 bits per heavy atom. The van der Waals surface area contributed by atoms with E-state index in [9.17, 15) is 9.59 Å². The average molecular weight is 293 g/mol. The maximum atomic E-state index is 12.5. The maximum absolute atomic E-state index is 12.5. The molecule has 1 aromatic heterocycles. The van der Waals surface area contributed by atoms with E-state index in [1.807, 2.05) is 11.9 Å². The lowest BCUT2D eigenvalue weighted by Gasteiger charge is -2.35. The highest BCUT2D eigenvalue weighted by Gasteiger charge is 2.36. The number of hydrogen-bond acceptors (Lipinski definition) is 4. The second-order valence-electron chi connectivity index (χ2n) is 5.74. The number of hydrogen-bond donors (Lipinski definition) is 2. The van der Waals surface area contributed by atoms with Crippen molar-refractivity contribution in [3.63, 3.8) is 0 Å². The van der Waals surface area contributed by atoms with Crippen molar-refractivity contribution in [2.45, 2.75) is 43.8 Å². The molecule has 0 saturated carbocycles. The summed E-state index contributed by atoms with van der Waals surface area (Å²) in [4.78, 5) is 26.0. The molecule has 2 fully saturated rings. The molecular weight excluding hydrogens is 274 g/mol. The summed E-state index contributed by atoms with van der Waals surface area (Å²) in [6.45, 7) is 0. The van der Waals surface area contributed by atoms with Crippen LogP contribution >= 0.6 is 11.3 Å². The molecule has 3 rings (SSSR count). The third-order valence-electron chi connectivity index (χ3n) is 4.41. The van der Waals surface area contributed by atoms with E-state index >= 15 is 0 Å². The van der Waals surface area contributed by atoms with Gasteiger partial charge in [-0.05, 0) is 31.7 Å². The topological polar surface area (TPSA) is 75.4 Å². The Kier molecular flexibility index (Phi) is 3.52. The van der Waals surface area contributed by atoms with Crippen LogP contribution in [0.5, 0.6) is 0 Å². The van der Waals surface area contributed by atoms with E-state index in [2.05, 4.69) is 5.32 Å². The van der Waals surface area contributed by atoms with Gasteiger partial charge in [-0.3, -0.25) is 9.59 Å². The van der Waals surface area contributed by atoms with E-state index in [4.69, 9.17) is 5.73 Å². The molecule has 2 amide bonds. The molecule has 2 saturated heterocycles. The van der Waals surface area contributed by atoms with Crippen LogP contribution in [-0.4, -0.2) is 41.9 Å². The van der Waals surface area contributed by atoms with Crippen LogP contribution in [0.1, 0.15) is 45.7 Å². The molecule has 2 atom stereocenters. The highest BCUT2D eigenvalue weighted by atomic mass is 32.1. The largest absolute Gasteiger partial charge is 0.366 e. The van der Waals surface area contributed by atoms with Gasteiger partial charge in [-0.1, -0.05) is 0 Å². The van der Waals surface area contributed by atoms with Gasteiger partial charge >= 0.3 is 0 Å². The average Bonchev–Trinajstić information content (AvgIpc) is 3.04. The molecule has 108 valence electrons. The normalized spacial score (nSPS) is 28.4. The van der Waals surface area contributed by atoms with Gasteiger partial charge in [0.05, 0.1) is 10.4 Å². The third-order valence-corrected chi connectivity index (χ3v) is 5.33. The number of nitrogens with two attached hydrogens (primary N) is 1. The number of fused-ring (bicyclic) bond motifs is 2. The van der Waals surface area contributed by atoms with Gasteiger partial charge in [0.25, 0.3) is 5.91 Å². The molecule has 0 aromatic carbocycles. The summed E-state index contributed by atoms with van der Waals surface area (Å²) < 4.78 is 0. The number of amides is 2. The van der Waals surface area contributed by atoms with Crippen LogP contribution in [-0.2, 0) is 0 Å². The van der Waals surface area contributed by atoms with Crippen molar-refractivity contribution in [3.05, 3.63) is 21.9 Å². The number of thiophene rings is 1. The lowest BCUT2D eigenvalue weighted by atomic mass is 9.98. The van der Waals surface area contributed by atoms with Crippen LogP contribution in [0.2, 0.25) is 0 Å². The first-order chi connectivity index (χ1) is 9.54. The monoisotopic (exact) mass is 293 g/mol. The van der Waals surface area contributed by atoms with Gasteiger partial charge in [-0.15, -0.1) is 11.3 Å². The van der Waals surface area contributed by atoms with E-state index < -0.39 is 5.91 Å². The molecule has 2 unspecified atom stereocenters. The van der Waals surface area contributed by atoms with Gasteiger partial charge in [0.15, 0.2) is 0 Å². The van der Waals surface area contributed by atoms with Gasteiger partial charge in [0, 0.05) is 30.6 Å². The van der Waals surface area contributed by atoms with Gasteiger partial charge in [-0.25, -0.2) is 0 Å². The van der Waals surface area contributed by atoms with Crippen molar-refractivity contribution in [1.29, 1.82) is 0 Å². The molecule has 6 heteroatoms. The zero-order chi connectivity index (χ0) is 14.3. The summed E-state index contributed by atoms with van der Waals surface area (Å²) >= 11 is 1.29. The molecule has 0 aliphatic carbocycles. The number of primary amides is 1. The summed E-state index contributed by atoms with van der Waals surface area (Å²) in [6, 6.07) is 3.00. The number of piperidine rings is 1. The smallest absolute Gasteiger partial charge is 0.263 e. The zero-order valence-electron chi connectivity index (χ0n) is 11.5. The lowest BCUT2D eigenvalue weighted by Crippen LogP contribution is -2.48. The second-order valence-corrected chi connectivity index (χ2v) is 6.65. The minimum atomic E-state index is -0.483. The summed E-state index contributed by atoms with van der Waals surface area (Å²) in [6.07, 6.45) is 4.47. The molecule has 2 aliphatic heterocycles. The fraction of sp³-hybridized carbons (Fsp3) is 0.571. The van der Waals surface area contributed by atoms with Gasteiger partial charge < -0.3 is 16.0 Å². The molecule has 5 nitrogen and oxygen atoms in total. The van der Waals surface area contributed by atoms with Gasteiger partial charge in [0.2, 0.25) is 5.91 Å². The predicted octanol–water partition coefficient (Wildman–Crippen LogP) is 1.20. The van der Waals surface area contributed by atoms with E-state index in [0.717, 1.165) is 12.8 Å². The molecule has 3 N–H and O–H groups in total. The first-order valence-electron chi connectivity index (χ1n) is 6.96. The Labute approximate surface area is 122 Å². The van der Waals surface area contributed by atoms with E-state index in [1.165, 1.54) is 24.2 Å². The van der Waals surface area contributed by atoms with Crippen LogP contribution in [0.25, 0.3) is 0 Å². The van der Waals surface area contributed by atoms with Crippen molar-refractivity contribution in [3.8, 4) is 0 Å². The number of rotatable bonds is 3. The lowest BCUT2D eigenvalue weighted by molar-refractivity contribution is 0.0686. The fourth-order valence-corrected chi connectivity index (χ4v) is 4.14. The molecule has 0 radical (unpaired) electrons. The maximum Gasteiger partial charge on any atom is 0.263 e. The summed E-state index contributed by atoms with van der Waals surface area (Å²) in [5.41, 5.74) is 5.64. The van der Waals surface area contributed by atoms with Gasteiger partial charge in [-0.2, -0.15) is 0 Å². The summed E-state index contributed by atoms with van der Waals surface area (Å²) in [7, 11) is 1.86. The van der Waals surface area contributed by atoms with Crippen LogP contribution < -0.4 is 11.1 Å². The summed E-state index contributed by atoms with van der Waals surface area (Å²) in [5, 5.41) is 5.22. The number of nitrogens with zero attached hydrogens (tertiary/aromatic N) is 1. The van der Waals surface area contributed by atoms with Crippen molar-refractivity contribution in [2.75, 3.05) is 7.05 Å². The minimum absolute atomic E-state index is 0.00574. The second kappa shape index (κ2) is 5.18. The van der Waals surface area contributed by atoms with E-state index in [1.54, 1.807) is 11.4 Å². The number of carbonyl (C=O) groups excluding carboxylic acids is 2. The number of nitrogens with one attached hydrogen (secondary N) is 1. The van der Waals surface area contributed by atoms with Crippen molar-refractivity contribution < 1.29 is 9.59 Å². The Morgan fingerprint density at radius 2 is 2.00 bits per heavy atom. The van der Waals surface area contributed by atoms with Crippen LogP contribution in [0.3, 0.4) is 0 Å². The van der Waals surface area contributed by atoms with Gasteiger partial charge in [0.1, 0.15) is 0 Å². The first kappa shape index (κ1) is 13.6. The highest BCUT2D eigenvalue weighted by Crippen LogP contribution is 2.30. The zero-order valence-corrected chi connectivity index (χ0v) is 12.3. The molecular formula is C14H19N3O2S. The van der Waals surface area contributed by atoms with Crippen LogP contribution in [0.4, 0.5) is 0 Å². The Balaban J connectivity index is 1.71. The quantitative estimate of drug-likeness (QED) is 0.879. The molecule has 3 heterocycles. The number of carbonyl (C=O) groups is 2. The molecule has 0 spiro atoms. The van der Waals surface area contributed by atoms with Crippen LogP contribution in [0.15, 0.2) is 11.4 Å². The fourth-order valence-electron chi connectivity index (χ4n) is 3.26. The first-order valence-corrected chi connectivity index (χ1v) is 7.84. The minimum Gasteiger partial charge on any atom is -0.366 e. The van der Waals surface area contributed by atoms with Crippen LogP contribution in [0, 0.1) is 0 Å². The summed E-state index contributed by atoms with van der Waals surface area (Å²) in [5.74, 6) is -0.489. The van der Waals surface area contributed by atoms with Crippen molar-refractivity contribution in [2.24, 2.45) is 5.73 Å². The molecule has 20 heavy (non-hydrogen) atoms. The molecule has 2 bridgehead atoms. The highest BCUT2D eigenvalue weighted by molar-refractivity contribution is 7.12. The molecule has 2 aliphatic rings. The molecule has 1 aromatic rings. The van der Waals surface area contributed by atoms with Crippen molar-refractivity contribution in [1.82, 2.24) is 10.2 Å². The standard InChI is InChI=1S/C14H19N3O2S/c1-17(11-5-9-2-3-10(6-11)16-9)14(19)12-4-8(7-20-12)13(15)18/h4,7,9-11,16H,2-3,5-6H2,1H3,(H2,15,18). The Hall–Kier alpha value is -1.40. The Bertz CT molecular complexity index is 530. The Morgan fingerprint density at radius 1 is 1.35 bits per heavy atom. The van der Waals surface area contributed by atoms with E-state index in [0.29, 0.717) is 28.6 Å². The SMILES string of the molecule is CN(C(=O)c1cc(C(N)=O)cs1)C1CC2CCC(C1)N2. The van der Waals surface area contributed by atoms with E-state index in [-0.39, 0.29) is 5.91 Å². The third kappa shape index (κ3) is 2.45. The van der Waals surface area contributed by atoms with Crippen molar-refractivity contribution >= 4 is 23.2 Å².